The molecule has 0 aromatic rings. The quantitative estimate of drug-likeness (QED) is 0.716. The smallest absolute Gasteiger partial charge is 0.317 e. The number of aliphatic hydroxyl groups is 1. The van der Waals surface area contributed by atoms with Gasteiger partial charge in [0.05, 0.1) is 13.1 Å². The lowest BCUT2D eigenvalue weighted by Crippen LogP contribution is -2.68. The van der Waals surface area contributed by atoms with Crippen LogP contribution >= 0.6 is 0 Å². The molecule has 2 N–H and O–H groups in total. The molecule has 1 saturated carbocycles. The van der Waals surface area contributed by atoms with E-state index >= 15 is 0 Å². The normalized spacial score (nSPS) is 24.7. The van der Waals surface area contributed by atoms with Crippen molar-refractivity contribution < 1.29 is 9.90 Å². The van der Waals surface area contributed by atoms with Gasteiger partial charge in [0, 0.05) is 6.04 Å². The lowest BCUT2D eigenvalue weighted by Gasteiger charge is -2.49. The first-order chi connectivity index (χ1) is 7.01. The molecule has 86 valence electrons. The predicted molar refractivity (Wildman–Crippen MR) is 57.5 cm³/mol. The summed E-state index contributed by atoms with van der Waals surface area (Å²) in [5, 5.41) is 13.0. The first-order valence-corrected chi connectivity index (χ1v) is 5.79. The van der Waals surface area contributed by atoms with Crippen molar-refractivity contribution in [2.75, 3.05) is 13.1 Å². The molecule has 1 aliphatic carbocycles. The van der Waals surface area contributed by atoms with Gasteiger partial charge in [-0.3, -0.25) is 0 Å². The molecule has 2 amide bonds. The van der Waals surface area contributed by atoms with E-state index in [2.05, 4.69) is 5.32 Å². The van der Waals surface area contributed by atoms with E-state index in [0.717, 1.165) is 12.8 Å². The summed E-state index contributed by atoms with van der Waals surface area (Å²) < 4.78 is 0. The highest BCUT2D eigenvalue weighted by Gasteiger charge is 2.46. The molecule has 0 unspecified atom stereocenters. The predicted octanol–water partition coefficient (Wildman–Crippen LogP) is 0.951. The Morgan fingerprint density at radius 2 is 2.07 bits per heavy atom. The number of rotatable bonds is 2. The van der Waals surface area contributed by atoms with Crippen LogP contribution in [0.1, 0.15) is 33.1 Å². The molecule has 1 heterocycles. The van der Waals surface area contributed by atoms with Crippen LogP contribution in [0.2, 0.25) is 0 Å². The summed E-state index contributed by atoms with van der Waals surface area (Å²) in [5.41, 5.74) is -0.656. The SMILES string of the molecule is CC(C)C1(O)CN(C(=O)NC2CCC2)C1. The number of hydrogen-bond donors (Lipinski definition) is 2. The van der Waals surface area contributed by atoms with Crippen molar-refractivity contribution >= 4 is 6.03 Å². The molecule has 15 heavy (non-hydrogen) atoms. The number of carbonyl (C=O) groups excluding carboxylic acids is 1. The van der Waals surface area contributed by atoms with Crippen LogP contribution in [0.5, 0.6) is 0 Å². The van der Waals surface area contributed by atoms with E-state index in [9.17, 15) is 9.90 Å². The highest BCUT2D eigenvalue weighted by Crippen LogP contribution is 2.29. The maximum atomic E-state index is 11.6. The van der Waals surface area contributed by atoms with Gasteiger partial charge in [-0.05, 0) is 25.2 Å². The van der Waals surface area contributed by atoms with Gasteiger partial charge < -0.3 is 15.3 Å². The molecular formula is C11H20N2O2. The molecular weight excluding hydrogens is 192 g/mol. The fourth-order valence-corrected chi connectivity index (χ4v) is 1.94. The van der Waals surface area contributed by atoms with E-state index in [-0.39, 0.29) is 11.9 Å². The van der Waals surface area contributed by atoms with Crippen LogP contribution in [0, 0.1) is 5.92 Å². The van der Waals surface area contributed by atoms with E-state index in [1.807, 2.05) is 13.8 Å². The zero-order chi connectivity index (χ0) is 11.1. The van der Waals surface area contributed by atoms with Crippen molar-refractivity contribution in [2.24, 2.45) is 5.92 Å². The molecule has 1 aliphatic heterocycles. The van der Waals surface area contributed by atoms with Crippen LogP contribution < -0.4 is 5.32 Å². The third kappa shape index (κ3) is 1.95. The maximum Gasteiger partial charge on any atom is 0.317 e. The van der Waals surface area contributed by atoms with E-state index in [1.54, 1.807) is 4.90 Å². The van der Waals surface area contributed by atoms with Crippen molar-refractivity contribution in [2.45, 2.75) is 44.8 Å². The Morgan fingerprint density at radius 1 is 1.47 bits per heavy atom. The summed E-state index contributed by atoms with van der Waals surface area (Å²) in [5.74, 6) is 0.213. The second-order valence-electron chi connectivity index (χ2n) is 5.19. The minimum Gasteiger partial charge on any atom is -0.386 e. The van der Waals surface area contributed by atoms with Gasteiger partial charge in [0.1, 0.15) is 5.60 Å². The van der Waals surface area contributed by atoms with Gasteiger partial charge in [-0.1, -0.05) is 13.8 Å². The van der Waals surface area contributed by atoms with Crippen LogP contribution in [-0.4, -0.2) is 40.8 Å². The number of nitrogens with zero attached hydrogens (tertiary/aromatic N) is 1. The number of carbonyl (C=O) groups is 1. The molecule has 0 spiro atoms. The average Bonchev–Trinajstić information content (AvgIpc) is 2.05. The van der Waals surface area contributed by atoms with E-state index < -0.39 is 5.60 Å². The molecule has 0 aromatic carbocycles. The molecule has 0 bridgehead atoms. The van der Waals surface area contributed by atoms with Crippen LogP contribution in [0.3, 0.4) is 0 Å². The molecule has 4 heteroatoms. The molecule has 2 rings (SSSR count). The van der Waals surface area contributed by atoms with Gasteiger partial charge in [0.25, 0.3) is 0 Å². The first-order valence-electron chi connectivity index (χ1n) is 5.79. The Hall–Kier alpha value is -0.770. The molecule has 2 fully saturated rings. The van der Waals surface area contributed by atoms with Crippen molar-refractivity contribution in [3.63, 3.8) is 0 Å². The summed E-state index contributed by atoms with van der Waals surface area (Å²) in [4.78, 5) is 13.3. The summed E-state index contributed by atoms with van der Waals surface area (Å²) >= 11 is 0. The number of amides is 2. The lowest BCUT2D eigenvalue weighted by molar-refractivity contribution is -0.108. The third-order valence-electron chi connectivity index (χ3n) is 3.72. The Labute approximate surface area is 90.6 Å². The number of likely N-dealkylation sites (tertiary alicyclic amines) is 1. The summed E-state index contributed by atoms with van der Waals surface area (Å²) in [6.07, 6.45) is 3.43. The molecule has 2 aliphatic rings. The Kier molecular flexibility index (Phi) is 2.63. The minimum absolute atomic E-state index is 0.00924. The molecule has 1 saturated heterocycles. The van der Waals surface area contributed by atoms with Crippen molar-refractivity contribution in [3.05, 3.63) is 0 Å². The summed E-state index contributed by atoms with van der Waals surface area (Å²) in [6.45, 7) is 4.93. The van der Waals surface area contributed by atoms with Gasteiger partial charge in [0.2, 0.25) is 0 Å². The van der Waals surface area contributed by atoms with Gasteiger partial charge in [-0.2, -0.15) is 0 Å². The molecule has 0 aromatic heterocycles. The largest absolute Gasteiger partial charge is 0.386 e. The zero-order valence-corrected chi connectivity index (χ0v) is 9.49. The molecule has 0 radical (unpaired) electrons. The van der Waals surface area contributed by atoms with Gasteiger partial charge in [0.15, 0.2) is 0 Å². The third-order valence-corrected chi connectivity index (χ3v) is 3.72. The monoisotopic (exact) mass is 212 g/mol. The molecule has 4 nitrogen and oxygen atoms in total. The summed E-state index contributed by atoms with van der Waals surface area (Å²) in [7, 11) is 0. The standard InChI is InChI=1S/C11H20N2O2/c1-8(2)11(15)6-13(7-11)10(14)12-9-4-3-5-9/h8-9,15H,3-7H2,1-2H3,(H,12,14). The van der Waals surface area contributed by atoms with Crippen LogP contribution in [0.15, 0.2) is 0 Å². The topological polar surface area (TPSA) is 52.6 Å². The highest BCUT2D eigenvalue weighted by atomic mass is 16.3. The van der Waals surface area contributed by atoms with Crippen molar-refractivity contribution in [1.29, 1.82) is 0 Å². The highest BCUT2D eigenvalue weighted by molar-refractivity contribution is 5.76. The van der Waals surface area contributed by atoms with Crippen LogP contribution in [0.4, 0.5) is 4.79 Å². The first kappa shape index (κ1) is 10.7. The Balaban J connectivity index is 1.75. The maximum absolute atomic E-state index is 11.6. The van der Waals surface area contributed by atoms with Gasteiger partial charge >= 0.3 is 6.03 Å². The number of urea groups is 1. The van der Waals surface area contributed by atoms with Crippen LogP contribution in [0.25, 0.3) is 0 Å². The van der Waals surface area contributed by atoms with Crippen molar-refractivity contribution in [1.82, 2.24) is 10.2 Å². The van der Waals surface area contributed by atoms with E-state index in [1.165, 1.54) is 6.42 Å². The summed E-state index contributed by atoms with van der Waals surface area (Å²) in [6, 6.07) is 0.371. The average molecular weight is 212 g/mol. The van der Waals surface area contributed by atoms with Crippen LogP contribution in [-0.2, 0) is 0 Å². The number of β-amino-alcohol motifs (C(OH)–C–C–N with tert-alkyl or cyclic N) is 1. The second kappa shape index (κ2) is 3.67. The number of hydrogen-bond acceptors (Lipinski definition) is 2. The minimum atomic E-state index is -0.656. The van der Waals surface area contributed by atoms with Gasteiger partial charge in [-0.25, -0.2) is 4.79 Å². The fraction of sp³-hybridized carbons (Fsp3) is 0.909. The van der Waals surface area contributed by atoms with Crippen molar-refractivity contribution in [3.8, 4) is 0 Å². The lowest BCUT2D eigenvalue weighted by atomic mass is 9.83. The van der Waals surface area contributed by atoms with E-state index in [0.29, 0.717) is 19.1 Å². The fourth-order valence-electron chi connectivity index (χ4n) is 1.94. The van der Waals surface area contributed by atoms with E-state index in [4.69, 9.17) is 0 Å². The molecule has 0 atom stereocenters. The second-order valence-corrected chi connectivity index (χ2v) is 5.19. The number of nitrogens with one attached hydrogen (secondary N) is 1. The Morgan fingerprint density at radius 3 is 2.47 bits per heavy atom. The van der Waals surface area contributed by atoms with Gasteiger partial charge in [-0.15, -0.1) is 0 Å². The Bertz CT molecular complexity index is 255. The zero-order valence-electron chi connectivity index (χ0n) is 9.49.